The number of benzene rings is 2. The molecular formula is C30H34F8N2O4. The number of ether oxygens (including phenoxy) is 4. The van der Waals surface area contributed by atoms with Crippen molar-refractivity contribution in [1.82, 2.24) is 0 Å². The Hall–Kier alpha value is -2.68. The first-order chi connectivity index (χ1) is 20.1. The van der Waals surface area contributed by atoms with Gasteiger partial charge in [-0.05, 0) is 47.9 Å². The molecule has 0 saturated carbocycles. The summed E-state index contributed by atoms with van der Waals surface area (Å²) in [6.07, 6.45) is -11.6. The average Bonchev–Trinajstić information content (AvgIpc) is 3.51. The van der Waals surface area contributed by atoms with E-state index in [2.05, 4.69) is 0 Å². The van der Waals surface area contributed by atoms with Crippen molar-refractivity contribution in [2.45, 2.75) is 100 Å². The number of fused-ring (bicyclic) bond motifs is 2. The van der Waals surface area contributed by atoms with Crippen LogP contribution in [0.25, 0.3) is 0 Å². The zero-order chi connectivity index (χ0) is 32.7. The highest BCUT2D eigenvalue weighted by molar-refractivity contribution is 5.49. The summed E-state index contributed by atoms with van der Waals surface area (Å²) in [5, 5.41) is 0. The Kier molecular flexibility index (Phi) is 7.75. The van der Waals surface area contributed by atoms with Crippen LogP contribution in [0, 0.1) is 11.6 Å². The van der Waals surface area contributed by atoms with E-state index in [1.54, 1.807) is 27.7 Å². The smallest absolute Gasteiger partial charge is 0.421 e. The number of epoxide rings is 2. The van der Waals surface area contributed by atoms with Crippen LogP contribution in [0.5, 0.6) is 11.5 Å². The number of halogens is 8. The van der Waals surface area contributed by atoms with Gasteiger partial charge in [-0.3, -0.25) is 0 Å². The molecule has 6 nitrogen and oxygen atoms in total. The van der Waals surface area contributed by atoms with Crippen molar-refractivity contribution < 1.29 is 54.1 Å². The van der Waals surface area contributed by atoms with Crippen molar-refractivity contribution in [2.24, 2.45) is 11.5 Å². The van der Waals surface area contributed by atoms with Crippen molar-refractivity contribution >= 4 is 0 Å². The molecule has 0 spiro atoms. The zero-order valence-electron chi connectivity index (χ0n) is 24.5. The number of rotatable bonds is 6. The molecule has 0 bridgehead atoms. The molecule has 0 unspecified atom stereocenters. The summed E-state index contributed by atoms with van der Waals surface area (Å²) in [4.78, 5) is 0. The highest BCUT2D eigenvalue weighted by atomic mass is 19.4. The van der Waals surface area contributed by atoms with Crippen molar-refractivity contribution in [3.63, 3.8) is 0 Å². The molecule has 4 aliphatic heterocycles. The van der Waals surface area contributed by atoms with E-state index in [0.717, 1.165) is 0 Å². The van der Waals surface area contributed by atoms with Crippen LogP contribution in [0.15, 0.2) is 24.3 Å². The molecule has 2 aromatic rings. The molecule has 2 fully saturated rings. The van der Waals surface area contributed by atoms with Gasteiger partial charge in [0.05, 0.1) is 13.2 Å². The van der Waals surface area contributed by atoms with E-state index in [-0.39, 0.29) is 12.8 Å². The fraction of sp³-hybridized carbons (Fsp3) is 0.600. The van der Waals surface area contributed by atoms with Crippen molar-refractivity contribution in [3.8, 4) is 11.5 Å². The molecule has 0 aromatic heterocycles. The minimum atomic E-state index is -4.57. The molecule has 4 N–H and O–H groups in total. The maximum atomic E-state index is 13.8. The van der Waals surface area contributed by atoms with Crippen LogP contribution in [-0.4, -0.2) is 49.2 Å². The lowest BCUT2D eigenvalue weighted by Gasteiger charge is -2.31. The van der Waals surface area contributed by atoms with Gasteiger partial charge in [0.15, 0.2) is 0 Å². The van der Waals surface area contributed by atoms with Gasteiger partial charge in [0, 0.05) is 35.1 Å². The van der Waals surface area contributed by atoms with Gasteiger partial charge in [0.25, 0.3) is 0 Å². The van der Waals surface area contributed by atoms with Crippen LogP contribution in [0.1, 0.15) is 62.8 Å². The van der Waals surface area contributed by atoms with Gasteiger partial charge >= 0.3 is 12.4 Å². The Morgan fingerprint density at radius 2 is 0.977 bits per heavy atom. The Morgan fingerprint density at radius 1 is 0.659 bits per heavy atom. The SMILES string of the molecule is CC(C)(C[C@@]1(C(F)(F)F)O[C@@H]1N)c1cc(F)cc2c1OCC2.CC(C)(C[C@]1(C(F)(F)F)O[C@H]1N)c1cc(F)cc2c1OCC2. The van der Waals surface area contributed by atoms with Crippen molar-refractivity contribution in [2.75, 3.05) is 13.2 Å². The fourth-order valence-electron chi connectivity index (χ4n) is 6.37. The lowest BCUT2D eigenvalue weighted by Crippen LogP contribution is -2.42. The molecule has 2 saturated heterocycles. The van der Waals surface area contributed by atoms with E-state index in [9.17, 15) is 35.1 Å². The van der Waals surface area contributed by atoms with E-state index in [1.807, 2.05) is 0 Å². The van der Waals surface area contributed by atoms with E-state index < -0.39 is 58.5 Å². The Balaban J connectivity index is 0.000000175. The second-order valence-corrected chi connectivity index (χ2v) is 13.1. The van der Waals surface area contributed by atoms with Crippen LogP contribution < -0.4 is 20.9 Å². The maximum absolute atomic E-state index is 13.8. The standard InChI is InChI=1S/2C15H17F4NO2/c2*1-13(2,7-14(12(20)22-14)15(17,18)19)10-6-9(16)5-8-3-4-21-11(8)10/h2*5-6,12H,3-4,7,20H2,1-2H3/t2*12-,14+/m10/s1. The molecule has 0 radical (unpaired) electrons. The zero-order valence-corrected chi connectivity index (χ0v) is 24.5. The monoisotopic (exact) mass is 638 g/mol. The summed E-state index contributed by atoms with van der Waals surface area (Å²) in [6.45, 7) is 7.28. The quantitative estimate of drug-likeness (QED) is 0.294. The van der Waals surface area contributed by atoms with Gasteiger partial charge in [-0.15, -0.1) is 0 Å². The Labute approximate surface area is 248 Å². The molecule has 4 heterocycles. The third kappa shape index (κ3) is 5.62. The van der Waals surface area contributed by atoms with Gasteiger partial charge in [0.1, 0.15) is 35.6 Å². The molecule has 0 aliphatic carbocycles. The predicted molar refractivity (Wildman–Crippen MR) is 142 cm³/mol. The molecule has 4 atom stereocenters. The summed E-state index contributed by atoms with van der Waals surface area (Å²) in [6, 6.07) is 5.20. The lowest BCUT2D eigenvalue weighted by molar-refractivity contribution is -0.189. The average molecular weight is 639 g/mol. The van der Waals surface area contributed by atoms with Gasteiger partial charge in [-0.1, -0.05) is 27.7 Å². The maximum Gasteiger partial charge on any atom is 0.421 e. The number of hydrogen-bond donors (Lipinski definition) is 2. The first kappa shape index (κ1) is 32.7. The normalized spacial score (nSPS) is 27.5. The highest BCUT2D eigenvalue weighted by Gasteiger charge is 2.74. The summed E-state index contributed by atoms with van der Waals surface area (Å²) in [5.74, 6) is 0.0136. The summed E-state index contributed by atoms with van der Waals surface area (Å²) >= 11 is 0. The van der Waals surface area contributed by atoms with Gasteiger partial charge in [-0.25, -0.2) is 8.78 Å². The number of hydrogen-bond acceptors (Lipinski definition) is 6. The van der Waals surface area contributed by atoms with Crippen LogP contribution >= 0.6 is 0 Å². The highest BCUT2D eigenvalue weighted by Crippen LogP contribution is 2.56. The lowest BCUT2D eigenvalue weighted by atomic mass is 9.75. The molecule has 6 rings (SSSR count). The molecule has 0 amide bonds. The van der Waals surface area contributed by atoms with Crippen molar-refractivity contribution in [3.05, 3.63) is 58.2 Å². The fourth-order valence-corrected chi connectivity index (χ4v) is 6.37. The van der Waals surface area contributed by atoms with Gasteiger partial charge in [-0.2, -0.15) is 26.3 Å². The van der Waals surface area contributed by atoms with Crippen LogP contribution in [-0.2, 0) is 33.1 Å². The van der Waals surface area contributed by atoms with Crippen LogP contribution in [0.4, 0.5) is 35.1 Å². The number of nitrogens with two attached hydrogens (primary N) is 2. The van der Waals surface area contributed by atoms with E-state index in [0.29, 0.717) is 59.8 Å². The van der Waals surface area contributed by atoms with Crippen molar-refractivity contribution in [1.29, 1.82) is 0 Å². The van der Waals surface area contributed by atoms with E-state index in [1.165, 1.54) is 24.3 Å². The minimum Gasteiger partial charge on any atom is -0.493 e. The molecule has 14 heteroatoms. The largest absolute Gasteiger partial charge is 0.493 e. The molecule has 2 aromatic carbocycles. The van der Waals surface area contributed by atoms with Crippen LogP contribution in [0.3, 0.4) is 0 Å². The second kappa shape index (κ2) is 10.4. The summed E-state index contributed by atoms with van der Waals surface area (Å²) < 4.78 is 127. The Morgan fingerprint density at radius 3 is 1.25 bits per heavy atom. The topological polar surface area (TPSA) is 95.6 Å². The molecule has 44 heavy (non-hydrogen) atoms. The van der Waals surface area contributed by atoms with Gasteiger partial charge < -0.3 is 30.4 Å². The van der Waals surface area contributed by atoms with Gasteiger partial charge in [0.2, 0.25) is 11.2 Å². The molecule has 244 valence electrons. The third-order valence-electron chi connectivity index (χ3n) is 8.80. The minimum absolute atomic E-state index is 0.385. The molecular weight excluding hydrogens is 604 g/mol. The molecule has 4 aliphatic rings. The second-order valence-electron chi connectivity index (χ2n) is 13.1. The number of alkyl halides is 6. The summed E-state index contributed by atoms with van der Waals surface area (Å²) in [5.41, 5.74) is 6.22. The first-order valence-electron chi connectivity index (χ1n) is 14.1. The Bertz CT molecular complexity index is 1340. The summed E-state index contributed by atoms with van der Waals surface area (Å²) in [7, 11) is 0. The first-order valence-corrected chi connectivity index (χ1v) is 14.1. The third-order valence-corrected chi connectivity index (χ3v) is 8.80. The van der Waals surface area contributed by atoms with Crippen LogP contribution in [0.2, 0.25) is 0 Å². The predicted octanol–water partition coefficient (Wildman–Crippen LogP) is 6.09. The van der Waals surface area contributed by atoms with E-state index in [4.69, 9.17) is 30.4 Å². The van der Waals surface area contributed by atoms with E-state index >= 15 is 0 Å².